The summed E-state index contributed by atoms with van der Waals surface area (Å²) in [6.45, 7) is 3.62. The highest BCUT2D eigenvalue weighted by molar-refractivity contribution is 5.78. The van der Waals surface area contributed by atoms with Crippen molar-refractivity contribution in [3.63, 3.8) is 0 Å². The molecule has 1 atom stereocenters. The first-order valence-corrected chi connectivity index (χ1v) is 9.77. The van der Waals surface area contributed by atoms with Gasteiger partial charge in [-0.05, 0) is 67.1 Å². The Morgan fingerprint density at radius 3 is 3.07 bits per heavy atom. The summed E-state index contributed by atoms with van der Waals surface area (Å²) in [5.74, 6) is 1.53. The highest BCUT2D eigenvalue weighted by Crippen LogP contribution is 2.24. The van der Waals surface area contributed by atoms with Gasteiger partial charge in [-0.15, -0.1) is 0 Å². The van der Waals surface area contributed by atoms with Gasteiger partial charge in [0, 0.05) is 18.5 Å². The molecule has 4 rings (SSSR count). The van der Waals surface area contributed by atoms with E-state index in [1.54, 1.807) is 0 Å². The monoisotopic (exact) mass is 365 g/mol. The molecule has 0 radical (unpaired) electrons. The van der Waals surface area contributed by atoms with Crippen LogP contribution in [0.25, 0.3) is 10.9 Å². The summed E-state index contributed by atoms with van der Waals surface area (Å²) >= 11 is 0. The molecule has 0 amide bonds. The maximum absolute atomic E-state index is 8.92. The van der Waals surface area contributed by atoms with Crippen molar-refractivity contribution >= 4 is 10.9 Å². The van der Waals surface area contributed by atoms with Crippen LogP contribution in [0, 0.1) is 5.92 Å². The van der Waals surface area contributed by atoms with Gasteiger partial charge in [0.05, 0.1) is 18.3 Å². The number of aromatic nitrogens is 2. The van der Waals surface area contributed by atoms with E-state index < -0.39 is 0 Å². The zero-order chi connectivity index (χ0) is 18.5. The fraction of sp³-hybridized carbons (Fsp3) is 0.409. The van der Waals surface area contributed by atoms with Crippen LogP contribution in [0.4, 0.5) is 0 Å². The fourth-order valence-electron chi connectivity index (χ4n) is 4.07. The summed E-state index contributed by atoms with van der Waals surface area (Å²) in [4.78, 5) is 2.55. The van der Waals surface area contributed by atoms with Crippen molar-refractivity contribution < 1.29 is 9.84 Å². The van der Waals surface area contributed by atoms with E-state index in [0.29, 0.717) is 12.5 Å². The maximum atomic E-state index is 8.92. The quantitative estimate of drug-likeness (QED) is 0.674. The molecule has 1 aromatic heterocycles. The Balaban J connectivity index is 1.36. The lowest BCUT2D eigenvalue weighted by Crippen LogP contribution is -2.35. The lowest BCUT2D eigenvalue weighted by atomic mass is 9.90. The normalized spacial score (nSPS) is 18.0. The van der Waals surface area contributed by atoms with Crippen molar-refractivity contribution in [2.75, 3.05) is 26.3 Å². The van der Waals surface area contributed by atoms with E-state index in [4.69, 9.17) is 9.84 Å². The van der Waals surface area contributed by atoms with Gasteiger partial charge in [-0.2, -0.15) is 5.10 Å². The number of aliphatic hydroxyl groups is 1. The van der Waals surface area contributed by atoms with Crippen LogP contribution in [-0.4, -0.2) is 46.5 Å². The molecule has 2 aromatic carbocycles. The Bertz CT molecular complexity index is 877. The predicted octanol–water partition coefficient (Wildman–Crippen LogP) is 3.39. The van der Waals surface area contributed by atoms with Crippen molar-refractivity contribution in [2.24, 2.45) is 5.92 Å². The number of fused-ring (bicyclic) bond motifs is 1. The van der Waals surface area contributed by atoms with Crippen LogP contribution in [0.15, 0.2) is 48.7 Å². The number of ether oxygens (including phenoxy) is 1. The van der Waals surface area contributed by atoms with E-state index >= 15 is 0 Å². The van der Waals surface area contributed by atoms with Crippen molar-refractivity contribution in [1.29, 1.82) is 0 Å². The molecule has 27 heavy (non-hydrogen) atoms. The number of nitrogens with one attached hydrogen (secondary N) is 1. The average molecular weight is 365 g/mol. The van der Waals surface area contributed by atoms with Gasteiger partial charge in [0.1, 0.15) is 12.4 Å². The van der Waals surface area contributed by atoms with Crippen LogP contribution in [0.1, 0.15) is 24.0 Å². The maximum Gasteiger partial charge on any atom is 0.119 e. The van der Waals surface area contributed by atoms with E-state index in [2.05, 4.69) is 45.4 Å². The SMILES string of the molecule is OCCOc1cccc(CN2CCC[C@@H](Cc3ccc4[nH]ncc4c3)C2)c1. The molecule has 1 fully saturated rings. The Morgan fingerprint density at radius 2 is 2.15 bits per heavy atom. The third-order valence-corrected chi connectivity index (χ3v) is 5.30. The van der Waals surface area contributed by atoms with E-state index in [9.17, 15) is 0 Å². The van der Waals surface area contributed by atoms with Crippen molar-refractivity contribution in [3.05, 3.63) is 59.8 Å². The van der Waals surface area contributed by atoms with Gasteiger partial charge in [-0.3, -0.25) is 10.00 Å². The van der Waals surface area contributed by atoms with E-state index in [1.807, 2.05) is 18.3 Å². The van der Waals surface area contributed by atoms with E-state index in [0.717, 1.165) is 37.3 Å². The summed E-state index contributed by atoms with van der Waals surface area (Å²) in [5, 5.41) is 17.2. The van der Waals surface area contributed by atoms with E-state index in [-0.39, 0.29) is 6.61 Å². The Hall–Kier alpha value is -2.37. The molecular formula is C22H27N3O2. The Morgan fingerprint density at radius 1 is 1.19 bits per heavy atom. The molecule has 2 heterocycles. The summed E-state index contributed by atoms with van der Waals surface area (Å²) in [7, 11) is 0. The Labute approximate surface area is 160 Å². The van der Waals surface area contributed by atoms with Crippen LogP contribution in [0.5, 0.6) is 5.75 Å². The number of nitrogens with zero attached hydrogens (tertiary/aromatic N) is 2. The van der Waals surface area contributed by atoms with Crippen LogP contribution in [0.3, 0.4) is 0 Å². The number of piperidine rings is 1. The van der Waals surface area contributed by atoms with Crippen LogP contribution < -0.4 is 4.74 Å². The zero-order valence-electron chi connectivity index (χ0n) is 15.6. The smallest absolute Gasteiger partial charge is 0.119 e. The van der Waals surface area contributed by atoms with Gasteiger partial charge in [0.2, 0.25) is 0 Å². The molecule has 2 N–H and O–H groups in total. The van der Waals surface area contributed by atoms with E-state index in [1.165, 1.54) is 29.4 Å². The number of likely N-dealkylation sites (tertiary alicyclic amines) is 1. The van der Waals surface area contributed by atoms with Gasteiger partial charge in [0.25, 0.3) is 0 Å². The van der Waals surface area contributed by atoms with Crippen molar-refractivity contribution in [2.45, 2.75) is 25.8 Å². The van der Waals surface area contributed by atoms with Crippen molar-refractivity contribution in [3.8, 4) is 5.75 Å². The van der Waals surface area contributed by atoms with Crippen LogP contribution in [0.2, 0.25) is 0 Å². The van der Waals surface area contributed by atoms with Gasteiger partial charge in [-0.25, -0.2) is 0 Å². The highest BCUT2D eigenvalue weighted by atomic mass is 16.5. The predicted molar refractivity (Wildman–Crippen MR) is 107 cm³/mol. The molecule has 3 aromatic rings. The third kappa shape index (κ3) is 4.67. The summed E-state index contributed by atoms with van der Waals surface area (Å²) in [6.07, 6.45) is 5.56. The minimum atomic E-state index is 0.0443. The molecule has 0 aliphatic carbocycles. The summed E-state index contributed by atoms with van der Waals surface area (Å²) in [6, 6.07) is 14.8. The molecule has 1 aliphatic rings. The number of hydrogen-bond donors (Lipinski definition) is 2. The molecular weight excluding hydrogens is 338 g/mol. The number of H-pyrrole nitrogens is 1. The number of benzene rings is 2. The third-order valence-electron chi connectivity index (χ3n) is 5.30. The number of rotatable bonds is 7. The lowest BCUT2D eigenvalue weighted by Gasteiger charge is -2.33. The molecule has 5 heteroatoms. The van der Waals surface area contributed by atoms with Gasteiger partial charge >= 0.3 is 0 Å². The zero-order valence-corrected chi connectivity index (χ0v) is 15.6. The molecule has 1 aliphatic heterocycles. The van der Waals surface area contributed by atoms with Gasteiger partial charge in [0.15, 0.2) is 0 Å². The largest absolute Gasteiger partial charge is 0.491 e. The first-order chi connectivity index (χ1) is 13.3. The fourth-order valence-corrected chi connectivity index (χ4v) is 4.07. The van der Waals surface area contributed by atoms with Gasteiger partial charge < -0.3 is 9.84 Å². The number of hydrogen-bond acceptors (Lipinski definition) is 4. The lowest BCUT2D eigenvalue weighted by molar-refractivity contribution is 0.166. The first kappa shape index (κ1) is 18.0. The average Bonchev–Trinajstić information content (AvgIpc) is 3.15. The Kier molecular flexibility index (Phi) is 5.70. The number of aliphatic hydroxyl groups excluding tert-OH is 1. The second-order valence-corrected chi connectivity index (χ2v) is 7.46. The van der Waals surface area contributed by atoms with Gasteiger partial charge in [-0.1, -0.05) is 18.2 Å². The molecule has 0 saturated carbocycles. The minimum absolute atomic E-state index is 0.0443. The second-order valence-electron chi connectivity index (χ2n) is 7.46. The molecule has 142 valence electrons. The molecule has 0 bridgehead atoms. The van der Waals surface area contributed by atoms with Crippen molar-refractivity contribution in [1.82, 2.24) is 15.1 Å². The standard InChI is InChI=1S/C22H27N3O2/c26-9-10-27-21-5-1-3-19(13-21)16-25-8-2-4-18(15-25)11-17-6-7-22-20(12-17)14-23-24-22/h1,3,5-7,12-14,18,26H,2,4,8-11,15-16H2,(H,23,24)/t18-/m0/s1. The first-order valence-electron chi connectivity index (χ1n) is 9.77. The molecule has 1 saturated heterocycles. The molecule has 0 unspecified atom stereocenters. The molecule has 5 nitrogen and oxygen atoms in total. The highest BCUT2D eigenvalue weighted by Gasteiger charge is 2.20. The summed E-state index contributed by atoms with van der Waals surface area (Å²) < 4.78 is 5.54. The van der Waals surface area contributed by atoms with Crippen LogP contribution >= 0.6 is 0 Å². The number of aromatic amines is 1. The van der Waals surface area contributed by atoms with Crippen LogP contribution in [-0.2, 0) is 13.0 Å². The second kappa shape index (κ2) is 8.55. The molecule has 0 spiro atoms. The topological polar surface area (TPSA) is 61.4 Å². The minimum Gasteiger partial charge on any atom is -0.491 e. The summed E-state index contributed by atoms with van der Waals surface area (Å²) in [5.41, 5.74) is 3.77.